The van der Waals surface area contributed by atoms with E-state index in [2.05, 4.69) is 0 Å². The van der Waals surface area contributed by atoms with Gasteiger partial charge in [-0.25, -0.2) is 0 Å². The van der Waals surface area contributed by atoms with Crippen LogP contribution in [0, 0.1) is 10.1 Å². The molecule has 1 unspecified atom stereocenters. The molecule has 1 aromatic heterocycles. The highest BCUT2D eigenvalue weighted by Gasteiger charge is 2.23. The zero-order chi connectivity index (χ0) is 10.7. The highest BCUT2D eigenvalue weighted by molar-refractivity contribution is 7.15. The molecule has 0 aliphatic carbocycles. The Morgan fingerprint density at radius 1 is 1.64 bits per heavy atom. The van der Waals surface area contributed by atoms with Gasteiger partial charge >= 0.3 is 11.0 Å². The van der Waals surface area contributed by atoms with E-state index in [-0.39, 0.29) is 16.2 Å². The number of rotatable bonds is 4. The molecule has 0 aliphatic rings. The minimum Gasteiger partial charge on any atom is -0.480 e. The number of aldehydes is 1. The molecule has 1 atom stereocenters. The molecule has 0 saturated heterocycles. The summed E-state index contributed by atoms with van der Waals surface area (Å²) >= 11 is 0.691. The smallest absolute Gasteiger partial charge is 0.324 e. The summed E-state index contributed by atoms with van der Waals surface area (Å²) in [5.74, 6) is -2.62. The van der Waals surface area contributed by atoms with E-state index in [0.29, 0.717) is 11.3 Å². The number of thiophene rings is 1. The first-order chi connectivity index (χ1) is 6.56. The summed E-state index contributed by atoms with van der Waals surface area (Å²) in [6, 6.07) is 2.45. The van der Waals surface area contributed by atoms with Crippen molar-refractivity contribution in [1.29, 1.82) is 0 Å². The van der Waals surface area contributed by atoms with Gasteiger partial charge in [0.25, 0.3) is 0 Å². The average Bonchev–Trinajstić information content (AvgIpc) is 2.53. The largest absolute Gasteiger partial charge is 0.480 e. The van der Waals surface area contributed by atoms with Crippen LogP contribution in [0.5, 0.6) is 0 Å². The number of nitrogens with zero attached hydrogens (tertiary/aromatic N) is 1. The highest BCUT2D eigenvalue weighted by atomic mass is 32.1. The zero-order valence-corrected chi connectivity index (χ0v) is 7.56. The van der Waals surface area contributed by atoms with Gasteiger partial charge in [0.1, 0.15) is 12.2 Å². The van der Waals surface area contributed by atoms with Gasteiger partial charge in [0.2, 0.25) is 0 Å². The molecule has 1 aromatic rings. The second kappa shape index (κ2) is 3.97. The summed E-state index contributed by atoms with van der Waals surface area (Å²) in [6.07, 6.45) is 0.248. The molecule has 0 saturated carbocycles. The fourth-order valence-electron chi connectivity index (χ4n) is 0.854. The van der Waals surface area contributed by atoms with E-state index < -0.39 is 16.8 Å². The Labute approximate surface area is 81.9 Å². The predicted molar refractivity (Wildman–Crippen MR) is 47.4 cm³/mol. The summed E-state index contributed by atoms with van der Waals surface area (Å²) in [5, 5.41) is 18.7. The standard InChI is InChI=1S/C7H5NO5S/c9-3-4(7(10)11)5-1-2-6(14-5)8(12)13/h1-4H,(H,10,11). The average molecular weight is 215 g/mol. The molecule has 0 aromatic carbocycles. The van der Waals surface area contributed by atoms with Gasteiger partial charge in [0.05, 0.1) is 4.92 Å². The van der Waals surface area contributed by atoms with Crippen LogP contribution < -0.4 is 0 Å². The monoisotopic (exact) mass is 215 g/mol. The van der Waals surface area contributed by atoms with Crippen LogP contribution in [-0.2, 0) is 9.59 Å². The van der Waals surface area contributed by atoms with Crippen LogP contribution in [0.25, 0.3) is 0 Å². The molecule has 0 spiro atoms. The number of carbonyl (C=O) groups excluding carboxylic acids is 1. The summed E-state index contributed by atoms with van der Waals surface area (Å²) in [4.78, 5) is 30.7. The maximum Gasteiger partial charge on any atom is 0.324 e. The van der Waals surface area contributed by atoms with Gasteiger partial charge in [-0.3, -0.25) is 14.9 Å². The van der Waals surface area contributed by atoms with Crippen LogP contribution in [0.3, 0.4) is 0 Å². The number of carboxylic acids is 1. The first-order valence-electron chi connectivity index (χ1n) is 3.48. The lowest BCUT2D eigenvalue weighted by atomic mass is 10.1. The third-order valence-corrected chi connectivity index (χ3v) is 2.62. The third kappa shape index (κ3) is 1.94. The van der Waals surface area contributed by atoms with Crippen molar-refractivity contribution in [3.63, 3.8) is 0 Å². The van der Waals surface area contributed by atoms with Crippen LogP contribution in [0.1, 0.15) is 10.8 Å². The number of hydrogen-bond donors (Lipinski definition) is 1. The van der Waals surface area contributed by atoms with Crippen molar-refractivity contribution in [3.8, 4) is 0 Å². The maximum atomic E-state index is 10.5. The van der Waals surface area contributed by atoms with Gasteiger partial charge in [-0.05, 0) is 6.07 Å². The minimum absolute atomic E-state index is 0.166. The van der Waals surface area contributed by atoms with E-state index in [1.165, 1.54) is 12.1 Å². The number of carbonyl (C=O) groups is 2. The fraction of sp³-hybridized carbons (Fsp3) is 0.143. The van der Waals surface area contributed by atoms with Crippen molar-refractivity contribution in [2.45, 2.75) is 5.92 Å². The molecule has 1 N–H and O–H groups in total. The molecular weight excluding hydrogens is 210 g/mol. The summed E-state index contributed by atoms with van der Waals surface area (Å²) in [7, 11) is 0. The van der Waals surface area contributed by atoms with Gasteiger partial charge < -0.3 is 9.90 Å². The fourth-order valence-corrected chi connectivity index (χ4v) is 1.73. The minimum atomic E-state index is -1.31. The van der Waals surface area contributed by atoms with E-state index in [1.54, 1.807) is 0 Å². The Kier molecular flexibility index (Phi) is 2.92. The van der Waals surface area contributed by atoms with Crippen LogP contribution in [0.2, 0.25) is 0 Å². The van der Waals surface area contributed by atoms with Crippen LogP contribution in [0.15, 0.2) is 12.1 Å². The number of nitro groups is 1. The van der Waals surface area contributed by atoms with E-state index in [0.717, 1.165) is 0 Å². The Balaban J connectivity index is 3.00. The lowest BCUT2D eigenvalue weighted by Gasteiger charge is -1.98. The first kappa shape index (κ1) is 10.3. The highest BCUT2D eigenvalue weighted by Crippen LogP contribution is 2.29. The van der Waals surface area contributed by atoms with Gasteiger partial charge in [-0.2, -0.15) is 0 Å². The van der Waals surface area contributed by atoms with Crippen molar-refractivity contribution < 1.29 is 19.6 Å². The maximum absolute atomic E-state index is 10.5. The summed E-state index contributed by atoms with van der Waals surface area (Å²) < 4.78 is 0. The topological polar surface area (TPSA) is 97.5 Å². The second-order valence-corrected chi connectivity index (χ2v) is 3.48. The number of carboxylic acid groups (broad SMARTS) is 1. The Morgan fingerprint density at radius 3 is 2.64 bits per heavy atom. The Morgan fingerprint density at radius 2 is 2.29 bits per heavy atom. The van der Waals surface area contributed by atoms with Crippen LogP contribution >= 0.6 is 11.3 Å². The van der Waals surface area contributed by atoms with Crippen molar-refractivity contribution in [2.24, 2.45) is 0 Å². The quantitative estimate of drug-likeness (QED) is 0.350. The van der Waals surface area contributed by atoms with Gasteiger partial charge in [-0.1, -0.05) is 11.3 Å². The van der Waals surface area contributed by atoms with Crippen molar-refractivity contribution in [3.05, 3.63) is 27.1 Å². The van der Waals surface area contributed by atoms with Crippen molar-refractivity contribution >= 4 is 28.6 Å². The molecule has 6 nitrogen and oxygen atoms in total. The second-order valence-electron chi connectivity index (χ2n) is 2.39. The normalized spacial score (nSPS) is 12.0. The molecule has 0 aliphatic heterocycles. The molecule has 0 bridgehead atoms. The van der Waals surface area contributed by atoms with Crippen molar-refractivity contribution in [1.82, 2.24) is 0 Å². The first-order valence-corrected chi connectivity index (χ1v) is 4.30. The summed E-state index contributed by atoms with van der Waals surface area (Å²) in [6.45, 7) is 0. The molecule has 0 fully saturated rings. The zero-order valence-electron chi connectivity index (χ0n) is 6.75. The van der Waals surface area contributed by atoms with Gasteiger partial charge in [0, 0.05) is 10.9 Å². The van der Waals surface area contributed by atoms with E-state index >= 15 is 0 Å². The lowest BCUT2D eigenvalue weighted by Crippen LogP contribution is -2.10. The predicted octanol–water partition coefficient (Wildman–Crippen LogP) is 1.02. The molecular formula is C7H5NO5S. The number of hydrogen-bond acceptors (Lipinski definition) is 5. The molecule has 74 valence electrons. The molecule has 14 heavy (non-hydrogen) atoms. The van der Waals surface area contributed by atoms with E-state index in [4.69, 9.17) is 5.11 Å². The molecule has 0 amide bonds. The van der Waals surface area contributed by atoms with Gasteiger partial charge in [0.15, 0.2) is 0 Å². The molecule has 1 rings (SSSR count). The third-order valence-electron chi connectivity index (χ3n) is 1.50. The van der Waals surface area contributed by atoms with Crippen molar-refractivity contribution in [2.75, 3.05) is 0 Å². The van der Waals surface area contributed by atoms with Crippen LogP contribution in [0.4, 0.5) is 5.00 Å². The van der Waals surface area contributed by atoms with E-state index in [1.807, 2.05) is 0 Å². The molecule has 7 heteroatoms. The SMILES string of the molecule is O=CC(C(=O)O)c1ccc([N+](=O)[O-])s1. The Hall–Kier alpha value is -1.76. The van der Waals surface area contributed by atoms with E-state index in [9.17, 15) is 19.7 Å². The lowest BCUT2D eigenvalue weighted by molar-refractivity contribution is -0.380. The molecule has 0 radical (unpaired) electrons. The van der Waals surface area contributed by atoms with Gasteiger partial charge in [-0.15, -0.1) is 0 Å². The van der Waals surface area contributed by atoms with Crippen LogP contribution in [-0.4, -0.2) is 22.3 Å². The summed E-state index contributed by atoms with van der Waals surface area (Å²) in [5.41, 5.74) is 0. The molecule has 1 heterocycles. The Bertz CT molecular complexity index is 385. The number of aliphatic carboxylic acids is 1.